The van der Waals surface area contributed by atoms with Gasteiger partial charge in [-0.05, 0) is 31.9 Å². The number of benzene rings is 1. The third-order valence-corrected chi connectivity index (χ3v) is 3.58. The topological polar surface area (TPSA) is 46.3 Å². The lowest BCUT2D eigenvalue weighted by atomic mass is 10.1. The molecule has 0 radical (unpaired) electrons. The molecule has 0 aliphatic heterocycles. The fraction of sp³-hybridized carbons (Fsp3) is 0.588. The molecule has 1 aromatic carbocycles. The van der Waals surface area contributed by atoms with Gasteiger partial charge in [0.1, 0.15) is 0 Å². The van der Waals surface area contributed by atoms with Gasteiger partial charge in [-0.1, -0.05) is 44.4 Å². The number of carbonyl (C=O) groups excluding carboxylic acids is 1. The maximum Gasteiger partial charge on any atom is 0.223 e. The molecule has 0 atom stereocenters. The number of rotatable bonds is 8. The summed E-state index contributed by atoms with van der Waals surface area (Å²) in [4.78, 5) is 14.3. The number of nitrogen functional groups attached to an aromatic ring is 1. The zero-order valence-electron chi connectivity index (χ0n) is 13.1. The van der Waals surface area contributed by atoms with Gasteiger partial charge in [0, 0.05) is 24.7 Å². The van der Waals surface area contributed by atoms with Gasteiger partial charge >= 0.3 is 0 Å². The Balaban J connectivity index is 2.60. The summed E-state index contributed by atoms with van der Waals surface area (Å²) >= 11 is 0. The highest BCUT2D eigenvalue weighted by molar-refractivity contribution is 5.76. The molecular formula is C17H28N2O. The first-order valence-corrected chi connectivity index (χ1v) is 7.69. The van der Waals surface area contributed by atoms with Crippen LogP contribution in [0.4, 0.5) is 5.69 Å². The molecule has 20 heavy (non-hydrogen) atoms. The van der Waals surface area contributed by atoms with Crippen molar-refractivity contribution >= 4 is 11.6 Å². The van der Waals surface area contributed by atoms with Crippen LogP contribution in [0.5, 0.6) is 0 Å². The molecule has 0 saturated carbocycles. The summed E-state index contributed by atoms with van der Waals surface area (Å²) in [5.74, 6) is 0.236. The van der Waals surface area contributed by atoms with E-state index in [2.05, 4.69) is 20.8 Å². The third-order valence-electron chi connectivity index (χ3n) is 3.58. The van der Waals surface area contributed by atoms with E-state index in [0.29, 0.717) is 13.0 Å². The number of para-hydroxylation sites is 1. The van der Waals surface area contributed by atoms with Crippen LogP contribution >= 0.6 is 0 Å². The fourth-order valence-electron chi connectivity index (χ4n) is 2.27. The van der Waals surface area contributed by atoms with E-state index < -0.39 is 0 Å². The Morgan fingerprint density at radius 3 is 2.50 bits per heavy atom. The number of amides is 1. The molecule has 1 rings (SSSR count). The summed E-state index contributed by atoms with van der Waals surface area (Å²) < 4.78 is 0. The van der Waals surface area contributed by atoms with Crippen molar-refractivity contribution in [1.82, 2.24) is 4.90 Å². The molecule has 0 spiro atoms. The molecule has 3 nitrogen and oxygen atoms in total. The average molecular weight is 276 g/mol. The van der Waals surface area contributed by atoms with Crippen LogP contribution in [0.15, 0.2) is 24.3 Å². The lowest BCUT2D eigenvalue weighted by molar-refractivity contribution is -0.133. The van der Waals surface area contributed by atoms with Gasteiger partial charge in [0.2, 0.25) is 5.91 Å². The van der Waals surface area contributed by atoms with Crippen LogP contribution in [0.25, 0.3) is 0 Å². The first-order valence-electron chi connectivity index (χ1n) is 7.69. The van der Waals surface area contributed by atoms with Crippen molar-refractivity contribution in [2.24, 2.45) is 0 Å². The number of anilines is 1. The minimum absolute atomic E-state index is 0.202. The zero-order valence-corrected chi connectivity index (χ0v) is 13.1. The molecule has 0 heterocycles. The van der Waals surface area contributed by atoms with Crippen molar-refractivity contribution < 1.29 is 4.79 Å². The minimum Gasteiger partial charge on any atom is -0.398 e. The molecule has 0 aliphatic rings. The number of nitrogens with two attached hydrogens (primary N) is 1. The fourth-order valence-corrected chi connectivity index (χ4v) is 2.27. The predicted molar refractivity (Wildman–Crippen MR) is 85.3 cm³/mol. The summed E-state index contributed by atoms with van der Waals surface area (Å²) in [6.45, 7) is 6.91. The molecule has 0 bridgehead atoms. The molecule has 0 saturated heterocycles. The van der Waals surface area contributed by atoms with E-state index in [1.54, 1.807) is 0 Å². The Morgan fingerprint density at radius 2 is 1.90 bits per heavy atom. The summed E-state index contributed by atoms with van der Waals surface area (Å²) in [6.07, 6.45) is 5.18. The van der Waals surface area contributed by atoms with E-state index in [1.807, 2.05) is 29.2 Å². The summed E-state index contributed by atoms with van der Waals surface area (Å²) in [5.41, 5.74) is 7.76. The molecule has 3 heteroatoms. The summed E-state index contributed by atoms with van der Waals surface area (Å²) in [5, 5.41) is 0. The standard InChI is InChI=1S/C17H28N2O/c1-4-5-6-7-12-17(20)19(14(2)3)13-15-10-8-9-11-16(15)18/h8-11,14H,4-7,12-13,18H2,1-3H3. The first kappa shape index (κ1) is 16.5. The Bertz CT molecular complexity index is 415. The van der Waals surface area contributed by atoms with Crippen LogP contribution < -0.4 is 5.73 Å². The predicted octanol–water partition coefficient (Wildman–Crippen LogP) is 3.98. The lowest BCUT2D eigenvalue weighted by Gasteiger charge is -2.27. The molecule has 112 valence electrons. The van der Waals surface area contributed by atoms with Crippen molar-refractivity contribution in [2.75, 3.05) is 5.73 Å². The number of carbonyl (C=O) groups is 1. The summed E-state index contributed by atoms with van der Waals surface area (Å²) in [7, 11) is 0. The van der Waals surface area contributed by atoms with Gasteiger partial charge in [-0.25, -0.2) is 0 Å². The highest BCUT2D eigenvalue weighted by Crippen LogP contribution is 2.17. The van der Waals surface area contributed by atoms with Gasteiger partial charge in [0.25, 0.3) is 0 Å². The Morgan fingerprint density at radius 1 is 1.20 bits per heavy atom. The molecule has 0 aliphatic carbocycles. The highest BCUT2D eigenvalue weighted by atomic mass is 16.2. The van der Waals surface area contributed by atoms with Crippen molar-refractivity contribution in [1.29, 1.82) is 0 Å². The number of unbranched alkanes of at least 4 members (excludes halogenated alkanes) is 3. The van der Waals surface area contributed by atoms with Crippen LogP contribution in [0.2, 0.25) is 0 Å². The third kappa shape index (κ3) is 5.24. The lowest BCUT2D eigenvalue weighted by Crippen LogP contribution is -2.36. The van der Waals surface area contributed by atoms with Gasteiger partial charge in [-0.2, -0.15) is 0 Å². The maximum atomic E-state index is 12.3. The number of hydrogen-bond acceptors (Lipinski definition) is 2. The number of nitrogens with zero attached hydrogens (tertiary/aromatic N) is 1. The molecule has 0 aromatic heterocycles. The molecule has 0 fully saturated rings. The average Bonchev–Trinajstić information content (AvgIpc) is 2.42. The van der Waals surface area contributed by atoms with E-state index in [9.17, 15) is 4.79 Å². The van der Waals surface area contributed by atoms with E-state index in [4.69, 9.17) is 5.73 Å². The molecular weight excluding hydrogens is 248 g/mol. The van der Waals surface area contributed by atoms with Crippen LogP contribution in [-0.4, -0.2) is 16.8 Å². The first-order chi connectivity index (χ1) is 9.56. The highest BCUT2D eigenvalue weighted by Gasteiger charge is 2.17. The van der Waals surface area contributed by atoms with Crippen molar-refractivity contribution in [3.05, 3.63) is 29.8 Å². The van der Waals surface area contributed by atoms with Crippen molar-refractivity contribution in [3.63, 3.8) is 0 Å². The van der Waals surface area contributed by atoms with Crippen LogP contribution in [0.3, 0.4) is 0 Å². The molecule has 0 unspecified atom stereocenters. The maximum absolute atomic E-state index is 12.3. The van der Waals surface area contributed by atoms with Crippen LogP contribution in [0, 0.1) is 0 Å². The Labute approximate surface area is 123 Å². The SMILES string of the molecule is CCCCCCC(=O)N(Cc1ccccc1N)C(C)C. The normalized spacial score (nSPS) is 10.8. The molecule has 1 aromatic rings. The van der Waals surface area contributed by atoms with Gasteiger partial charge in [-0.3, -0.25) is 4.79 Å². The largest absolute Gasteiger partial charge is 0.398 e. The van der Waals surface area contributed by atoms with Gasteiger partial charge in [-0.15, -0.1) is 0 Å². The second-order valence-electron chi connectivity index (χ2n) is 5.62. The Hall–Kier alpha value is -1.51. The monoisotopic (exact) mass is 276 g/mol. The van der Waals surface area contributed by atoms with Crippen LogP contribution in [0.1, 0.15) is 58.4 Å². The zero-order chi connectivity index (χ0) is 15.0. The molecule has 2 N–H and O–H groups in total. The van der Waals surface area contributed by atoms with Gasteiger partial charge < -0.3 is 10.6 Å². The molecule has 1 amide bonds. The van der Waals surface area contributed by atoms with E-state index in [1.165, 1.54) is 12.8 Å². The smallest absolute Gasteiger partial charge is 0.223 e. The van der Waals surface area contributed by atoms with E-state index in [0.717, 1.165) is 24.1 Å². The van der Waals surface area contributed by atoms with Crippen molar-refractivity contribution in [3.8, 4) is 0 Å². The number of hydrogen-bond donors (Lipinski definition) is 1. The van der Waals surface area contributed by atoms with E-state index in [-0.39, 0.29) is 11.9 Å². The van der Waals surface area contributed by atoms with Crippen molar-refractivity contribution in [2.45, 2.75) is 65.5 Å². The second kappa shape index (κ2) is 8.62. The minimum atomic E-state index is 0.202. The van der Waals surface area contributed by atoms with Crippen LogP contribution in [-0.2, 0) is 11.3 Å². The van der Waals surface area contributed by atoms with E-state index >= 15 is 0 Å². The Kier molecular flexibility index (Phi) is 7.13. The van der Waals surface area contributed by atoms with Gasteiger partial charge in [0.15, 0.2) is 0 Å². The quantitative estimate of drug-likeness (QED) is 0.576. The van der Waals surface area contributed by atoms with Gasteiger partial charge in [0.05, 0.1) is 0 Å². The summed E-state index contributed by atoms with van der Waals surface area (Å²) in [6, 6.07) is 7.98. The second-order valence-corrected chi connectivity index (χ2v) is 5.62.